The summed E-state index contributed by atoms with van der Waals surface area (Å²) in [6.45, 7) is 5.53. The second-order valence-electron chi connectivity index (χ2n) is 2.97. The first-order valence-electron chi connectivity index (χ1n) is 4.67. The fraction of sp³-hybridized carbons (Fsp3) is 0.0833. The highest BCUT2D eigenvalue weighted by Crippen LogP contribution is 2.04. The molecule has 0 radical (unpaired) electrons. The zero-order valence-electron chi connectivity index (χ0n) is 8.66. The third-order valence-electron chi connectivity index (χ3n) is 1.67. The van der Waals surface area contributed by atoms with E-state index in [0.29, 0.717) is 5.70 Å². The molecule has 0 saturated heterocycles. The normalized spacial score (nSPS) is 9.93. The Hall–Kier alpha value is -2.03. The molecule has 0 aromatic heterocycles. The van der Waals surface area contributed by atoms with Crippen molar-refractivity contribution in [2.75, 3.05) is 5.32 Å². The number of rotatable bonds is 3. The van der Waals surface area contributed by atoms with E-state index in [1.165, 1.54) is 0 Å². The summed E-state index contributed by atoms with van der Waals surface area (Å²) >= 11 is 0. The van der Waals surface area contributed by atoms with Gasteiger partial charge in [-0.2, -0.15) is 0 Å². The second kappa shape index (κ2) is 5.65. The zero-order valence-corrected chi connectivity index (χ0v) is 8.66. The van der Waals surface area contributed by atoms with Crippen LogP contribution in [0.4, 0.5) is 10.5 Å². The van der Waals surface area contributed by atoms with Crippen molar-refractivity contribution >= 4 is 11.7 Å². The van der Waals surface area contributed by atoms with Crippen LogP contribution in [0.3, 0.4) is 0 Å². The molecule has 0 aliphatic carbocycles. The highest BCUT2D eigenvalue weighted by molar-refractivity contribution is 5.90. The van der Waals surface area contributed by atoms with Crippen LogP contribution in [-0.4, -0.2) is 6.03 Å². The first-order chi connectivity index (χ1) is 7.22. The van der Waals surface area contributed by atoms with E-state index in [1.807, 2.05) is 43.3 Å². The zero-order chi connectivity index (χ0) is 11.1. The van der Waals surface area contributed by atoms with Gasteiger partial charge in [0.05, 0.1) is 0 Å². The van der Waals surface area contributed by atoms with Crippen molar-refractivity contribution < 1.29 is 4.79 Å². The molecule has 0 bridgehead atoms. The van der Waals surface area contributed by atoms with Crippen molar-refractivity contribution in [1.29, 1.82) is 0 Å². The third-order valence-corrected chi connectivity index (χ3v) is 1.67. The molecular weight excluding hydrogens is 188 g/mol. The monoisotopic (exact) mass is 202 g/mol. The number of benzene rings is 1. The predicted molar refractivity (Wildman–Crippen MR) is 62.6 cm³/mol. The van der Waals surface area contributed by atoms with Gasteiger partial charge in [0.25, 0.3) is 0 Å². The van der Waals surface area contributed by atoms with Gasteiger partial charge in [0.2, 0.25) is 0 Å². The van der Waals surface area contributed by atoms with Crippen molar-refractivity contribution in [3.05, 3.63) is 54.8 Å². The minimum atomic E-state index is -0.288. The average Bonchev–Trinajstić information content (AvgIpc) is 2.19. The maximum absolute atomic E-state index is 11.4. The van der Waals surface area contributed by atoms with E-state index < -0.39 is 0 Å². The van der Waals surface area contributed by atoms with Crippen LogP contribution in [0.5, 0.6) is 0 Å². The van der Waals surface area contributed by atoms with E-state index >= 15 is 0 Å². The van der Waals surface area contributed by atoms with Gasteiger partial charge in [-0.3, -0.25) is 0 Å². The summed E-state index contributed by atoms with van der Waals surface area (Å²) in [5.74, 6) is 0. The van der Waals surface area contributed by atoms with Gasteiger partial charge >= 0.3 is 6.03 Å². The average molecular weight is 202 g/mol. The highest BCUT2D eigenvalue weighted by atomic mass is 16.2. The topological polar surface area (TPSA) is 41.1 Å². The van der Waals surface area contributed by atoms with Gasteiger partial charge in [0.1, 0.15) is 0 Å². The molecule has 3 nitrogen and oxygen atoms in total. The minimum absolute atomic E-state index is 0.288. The van der Waals surface area contributed by atoms with Crippen molar-refractivity contribution in [2.45, 2.75) is 6.92 Å². The molecule has 15 heavy (non-hydrogen) atoms. The first-order valence-corrected chi connectivity index (χ1v) is 4.67. The number of anilines is 1. The summed E-state index contributed by atoms with van der Waals surface area (Å²) in [6.07, 6.45) is 3.54. The SMILES string of the molecule is C=C(/C=C\C)NC(=O)Nc1ccccc1. The Morgan fingerprint density at radius 3 is 2.60 bits per heavy atom. The number of urea groups is 1. The summed E-state index contributed by atoms with van der Waals surface area (Å²) in [4.78, 5) is 11.4. The molecule has 2 amide bonds. The van der Waals surface area contributed by atoms with Crippen LogP contribution in [0.25, 0.3) is 0 Å². The molecule has 0 unspecified atom stereocenters. The first kappa shape index (κ1) is 11.0. The van der Waals surface area contributed by atoms with E-state index in [4.69, 9.17) is 0 Å². The molecule has 0 atom stereocenters. The molecular formula is C12H14N2O. The predicted octanol–water partition coefficient (Wildman–Crippen LogP) is 2.90. The largest absolute Gasteiger partial charge is 0.323 e. The Morgan fingerprint density at radius 1 is 1.33 bits per heavy atom. The third kappa shape index (κ3) is 4.13. The molecule has 0 fully saturated rings. The van der Waals surface area contributed by atoms with Crippen molar-refractivity contribution in [2.24, 2.45) is 0 Å². The van der Waals surface area contributed by atoms with Crippen molar-refractivity contribution in [3.63, 3.8) is 0 Å². The number of amides is 2. The molecule has 1 aromatic carbocycles. The summed E-state index contributed by atoms with van der Waals surface area (Å²) < 4.78 is 0. The van der Waals surface area contributed by atoms with E-state index in [0.717, 1.165) is 5.69 Å². The van der Waals surface area contributed by atoms with Crippen molar-refractivity contribution in [1.82, 2.24) is 5.32 Å². The van der Waals surface area contributed by atoms with Gasteiger partial charge in [0, 0.05) is 11.4 Å². The summed E-state index contributed by atoms with van der Waals surface area (Å²) in [6, 6.07) is 8.95. The summed E-state index contributed by atoms with van der Waals surface area (Å²) in [7, 11) is 0. The molecule has 1 rings (SSSR count). The van der Waals surface area contributed by atoms with Crippen LogP contribution >= 0.6 is 0 Å². The van der Waals surface area contributed by atoms with E-state index in [2.05, 4.69) is 17.2 Å². The number of allylic oxidation sites excluding steroid dienone is 2. The van der Waals surface area contributed by atoms with Crippen LogP contribution < -0.4 is 10.6 Å². The smallest absolute Gasteiger partial charge is 0.308 e. The maximum atomic E-state index is 11.4. The quantitative estimate of drug-likeness (QED) is 0.727. The Bertz CT molecular complexity index is 368. The minimum Gasteiger partial charge on any atom is -0.308 e. The van der Waals surface area contributed by atoms with Gasteiger partial charge in [-0.1, -0.05) is 30.9 Å². The number of hydrogen-bond acceptors (Lipinski definition) is 1. The molecule has 0 saturated carbocycles. The van der Waals surface area contributed by atoms with Crippen LogP contribution in [-0.2, 0) is 0 Å². The standard InChI is InChI=1S/C12H14N2O/c1-3-7-10(2)13-12(15)14-11-8-5-4-6-9-11/h3-9H,2H2,1H3,(H2,13,14,15)/b7-3-. The van der Waals surface area contributed by atoms with E-state index in [-0.39, 0.29) is 6.03 Å². The lowest BCUT2D eigenvalue weighted by molar-refractivity contribution is 0.254. The number of nitrogens with one attached hydrogen (secondary N) is 2. The van der Waals surface area contributed by atoms with Crippen LogP contribution in [0.15, 0.2) is 54.8 Å². The number of para-hydroxylation sites is 1. The molecule has 0 aliphatic heterocycles. The lowest BCUT2D eigenvalue weighted by Gasteiger charge is -2.06. The summed E-state index contributed by atoms with van der Waals surface area (Å²) in [5, 5.41) is 5.28. The molecule has 2 N–H and O–H groups in total. The van der Waals surface area contributed by atoms with Gasteiger partial charge in [0.15, 0.2) is 0 Å². The Morgan fingerprint density at radius 2 is 2.00 bits per heavy atom. The van der Waals surface area contributed by atoms with E-state index in [9.17, 15) is 4.79 Å². The lowest BCUT2D eigenvalue weighted by atomic mass is 10.3. The van der Waals surface area contributed by atoms with Gasteiger partial charge in [-0.25, -0.2) is 4.79 Å². The van der Waals surface area contributed by atoms with E-state index in [1.54, 1.807) is 6.08 Å². The molecule has 1 aromatic rings. The van der Waals surface area contributed by atoms with Gasteiger partial charge in [-0.05, 0) is 25.1 Å². The van der Waals surface area contributed by atoms with Crippen LogP contribution in [0.1, 0.15) is 6.92 Å². The molecule has 78 valence electrons. The summed E-state index contributed by atoms with van der Waals surface area (Å²) in [5.41, 5.74) is 1.31. The Kier molecular flexibility index (Phi) is 4.16. The van der Waals surface area contributed by atoms with Crippen molar-refractivity contribution in [3.8, 4) is 0 Å². The Balaban J connectivity index is 2.47. The fourth-order valence-electron chi connectivity index (χ4n) is 1.07. The van der Waals surface area contributed by atoms with Gasteiger partial charge < -0.3 is 10.6 Å². The second-order valence-corrected chi connectivity index (χ2v) is 2.97. The fourth-order valence-corrected chi connectivity index (χ4v) is 1.07. The van der Waals surface area contributed by atoms with Crippen LogP contribution in [0, 0.1) is 0 Å². The maximum Gasteiger partial charge on any atom is 0.323 e. The molecule has 0 heterocycles. The Labute approximate surface area is 89.5 Å². The van der Waals surface area contributed by atoms with Gasteiger partial charge in [-0.15, -0.1) is 0 Å². The lowest BCUT2D eigenvalue weighted by Crippen LogP contribution is -2.26. The van der Waals surface area contributed by atoms with Crippen LogP contribution in [0.2, 0.25) is 0 Å². The molecule has 0 spiro atoms. The number of carbonyl (C=O) groups excluding carboxylic acids is 1. The number of hydrogen-bond donors (Lipinski definition) is 2. The number of carbonyl (C=O) groups is 1. The highest BCUT2D eigenvalue weighted by Gasteiger charge is 1.99. The molecule has 3 heteroatoms. The molecule has 0 aliphatic rings.